The Labute approximate surface area is 371 Å². The van der Waals surface area contributed by atoms with Crippen molar-refractivity contribution in [1.82, 2.24) is 19.1 Å². The molecule has 0 N–H and O–H groups in total. The third-order valence-electron chi connectivity index (χ3n) is 12.3. The summed E-state index contributed by atoms with van der Waals surface area (Å²) in [4.78, 5) is 15.5. The number of anilines is 6. The maximum absolute atomic E-state index is 5.43. The number of hydrogen-bond donors (Lipinski definition) is 0. The van der Waals surface area contributed by atoms with Gasteiger partial charge in [0, 0.05) is 73.2 Å². The quantitative estimate of drug-likeness (QED) is 0.145. The van der Waals surface area contributed by atoms with Crippen molar-refractivity contribution in [2.24, 2.45) is 0 Å². The Morgan fingerprint density at radius 3 is 1.39 bits per heavy atom. The van der Waals surface area contributed by atoms with Gasteiger partial charge in [-0.1, -0.05) is 133 Å². The van der Waals surface area contributed by atoms with Crippen molar-refractivity contribution in [2.75, 3.05) is 9.80 Å². The minimum absolute atomic E-state index is 0.674. The molecule has 11 aromatic rings. The van der Waals surface area contributed by atoms with Crippen molar-refractivity contribution in [1.29, 1.82) is 0 Å². The van der Waals surface area contributed by atoms with E-state index in [0.29, 0.717) is 5.82 Å². The number of nitrogens with zero attached hydrogens (tertiary/aromatic N) is 6. The molecule has 0 spiro atoms. The van der Waals surface area contributed by atoms with Gasteiger partial charge in [0.2, 0.25) is 0 Å². The number of aromatic nitrogens is 4. The molecule has 12 rings (SSSR count). The lowest BCUT2D eigenvalue weighted by molar-refractivity contribution is 0.864. The van der Waals surface area contributed by atoms with E-state index < -0.39 is 0 Å². The largest absolute Gasteiger partial charge is 0.310 e. The van der Waals surface area contributed by atoms with Crippen molar-refractivity contribution >= 4 is 72.9 Å². The van der Waals surface area contributed by atoms with Crippen molar-refractivity contribution in [3.05, 3.63) is 236 Å². The second-order valence-electron chi connectivity index (χ2n) is 16.2. The van der Waals surface area contributed by atoms with Crippen LogP contribution in [0, 0.1) is 0 Å². The molecule has 6 nitrogen and oxygen atoms in total. The van der Waals surface area contributed by atoms with E-state index in [0.717, 1.165) is 91.5 Å². The molecule has 3 aromatic heterocycles. The number of benzene rings is 8. The molecule has 1 aliphatic rings. The van der Waals surface area contributed by atoms with Crippen LogP contribution >= 0.6 is 0 Å². The summed E-state index contributed by atoms with van der Waals surface area (Å²) in [6, 6.07) is 77.2. The fourth-order valence-electron chi connectivity index (χ4n) is 9.53. The predicted octanol–water partition coefficient (Wildman–Crippen LogP) is 15.1. The number of allylic oxidation sites excluding steroid dienone is 1. The summed E-state index contributed by atoms with van der Waals surface area (Å²) in [5, 5.41) is 3.49. The van der Waals surface area contributed by atoms with Gasteiger partial charge in [-0.15, -0.1) is 0 Å². The summed E-state index contributed by atoms with van der Waals surface area (Å²) < 4.78 is 4.70. The average molecular weight is 823 g/mol. The first-order valence-electron chi connectivity index (χ1n) is 21.9. The van der Waals surface area contributed by atoms with Crippen molar-refractivity contribution in [3.63, 3.8) is 0 Å². The highest BCUT2D eigenvalue weighted by Crippen LogP contribution is 2.42. The van der Waals surface area contributed by atoms with E-state index >= 15 is 0 Å². The van der Waals surface area contributed by atoms with Crippen LogP contribution in [0.15, 0.2) is 224 Å². The Balaban J connectivity index is 1.07. The summed E-state index contributed by atoms with van der Waals surface area (Å²) in [5.41, 5.74) is 13.3. The Bertz CT molecular complexity index is 3410. The van der Waals surface area contributed by atoms with Crippen LogP contribution < -0.4 is 9.80 Å². The first kappa shape index (κ1) is 37.3. The van der Waals surface area contributed by atoms with E-state index in [1.165, 1.54) is 16.6 Å². The van der Waals surface area contributed by atoms with Gasteiger partial charge in [-0.05, 0) is 104 Å². The number of rotatable bonds is 9. The van der Waals surface area contributed by atoms with Gasteiger partial charge >= 0.3 is 0 Å². The molecule has 0 aliphatic heterocycles. The predicted molar refractivity (Wildman–Crippen MR) is 265 cm³/mol. The zero-order valence-electron chi connectivity index (χ0n) is 35.0. The van der Waals surface area contributed by atoms with Gasteiger partial charge in [0.1, 0.15) is 11.6 Å². The first-order chi connectivity index (χ1) is 31.8. The third kappa shape index (κ3) is 6.43. The highest BCUT2D eigenvalue weighted by molar-refractivity contribution is 6.10. The number of para-hydroxylation sites is 5. The summed E-state index contributed by atoms with van der Waals surface area (Å²) in [6.45, 7) is 0. The van der Waals surface area contributed by atoms with E-state index in [9.17, 15) is 0 Å². The van der Waals surface area contributed by atoms with Gasteiger partial charge in [-0.3, -0.25) is 9.13 Å². The fraction of sp³-hybridized carbons (Fsp3) is 0.0345. The maximum Gasteiger partial charge on any atom is 0.163 e. The van der Waals surface area contributed by atoms with Crippen molar-refractivity contribution in [2.45, 2.75) is 12.8 Å². The van der Waals surface area contributed by atoms with E-state index in [1.54, 1.807) is 0 Å². The number of fused-ring (bicyclic) bond motifs is 6. The molecule has 8 aromatic carbocycles. The van der Waals surface area contributed by atoms with Crippen LogP contribution in [-0.2, 0) is 6.42 Å². The molecule has 0 atom stereocenters. The van der Waals surface area contributed by atoms with Crippen LogP contribution in [0.3, 0.4) is 0 Å². The van der Waals surface area contributed by atoms with Crippen molar-refractivity contribution < 1.29 is 0 Å². The van der Waals surface area contributed by atoms with E-state index in [1.807, 2.05) is 6.07 Å². The molecule has 6 heteroatoms. The maximum atomic E-state index is 5.43. The number of hydrogen-bond acceptors (Lipinski definition) is 4. The van der Waals surface area contributed by atoms with E-state index in [-0.39, 0.29) is 0 Å². The molecule has 0 radical (unpaired) electrons. The minimum Gasteiger partial charge on any atom is -0.310 e. The van der Waals surface area contributed by atoms with Crippen LogP contribution in [0.25, 0.3) is 61.8 Å². The second kappa shape index (κ2) is 15.8. The average Bonchev–Trinajstić information content (AvgIpc) is 3.88. The molecule has 1 aliphatic carbocycles. The monoisotopic (exact) mass is 822 g/mol. The molecule has 0 saturated carbocycles. The summed E-state index contributed by atoms with van der Waals surface area (Å²) >= 11 is 0. The van der Waals surface area contributed by atoms with Crippen molar-refractivity contribution in [3.8, 4) is 23.0 Å². The second-order valence-corrected chi connectivity index (χ2v) is 16.2. The van der Waals surface area contributed by atoms with Crippen LogP contribution in [0.4, 0.5) is 34.1 Å². The zero-order chi connectivity index (χ0) is 42.4. The third-order valence-corrected chi connectivity index (χ3v) is 12.3. The van der Waals surface area contributed by atoms with Gasteiger partial charge in [-0.2, -0.15) is 0 Å². The topological polar surface area (TPSA) is 42.1 Å². The molecule has 0 unspecified atom stereocenters. The molecule has 0 bridgehead atoms. The molecular weight excluding hydrogens is 781 g/mol. The lowest BCUT2D eigenvalue weighted by Gasteiger charge is -2.25. The molecule has 64 heavy (non-hydrogen) atoms. The van der Waals surface area contributed by atoms with Crippen LogP contribution in [0.2, 0.25) is 0 Å². The van der Waals surface area contributed by atoms with Crippen LogP contribution in [0.1, 0.15) is 17.7 Å². The molecule has 304 valence electrons. The molecule has 0 saturated heterocycles. The van der Waals surface area contributed by atoms with Gasteiger partial charge in [0.15, 0.2) is 5.82 Å². The summed E-state index contributed by atoms with van der Waals surface area (Å²) in [7, 11) is 0. The highest BCUT2D eigenvalue weighted by Gasteiger charge is 2.24. The van der Waals surface area contributed by atoms with Gasteiger partial charge in [0.25, 0.3) is 0 Å². The summed E-state index contributed by atoms with van der Waals surface area (Å²) in [6.07, 6.45) is 6.46. The van der Waals surface area contributed by atoms with Crippen LogP contribution in [-0.4, -0.2) is 19.1 Å². The molecule has 0 amide bonds. The lowest BCUT2D eigenvalue weighted by atomic mass is 10.0. The fourth-order valence-corrected chi connectivity index (χ4v) is 9.53. The Kier molecular flexibility index (Phi) is 9.19. The van der Waals surface area contributed by atoms with Gasteiger partial charge in [-0.25, -0.2) is 9.97 Å². The first-order valence-corrected chi connectivity index (χ1v) is 21.9. The lowest BCUT2D eigenvalue weighted by Crippen LogP contribution is -2.10. The van der Waals surface area contributed by atoms with E-state index in [4.69, 9.17) is 9.97 Å². The SMILES string of the molecule is C1=Cc2c(n(-c3cc(-n4c5ccccc5c5cc(N(c6ccccc6)c6ccccc6)ccc54)nc(-c4ccccc4)n3)c3ccc(N(c4ccccc4)c4ccccc4)cc23)CC1. The van der Waals surface area contributed by atoms with Gasteiger partial charge in [0.05, 0.1) is 16.6 Å². The highest BCUT2D eigenvalue weighted by atomic mass is 15.2. The molecular formula is C58H42N6. The molecule has 3 heterocycles. The normalized spacial score (nSPS) is 12.2. The standard InChI is InChI=1S/C58H42N6/c1-6-20-41(21-7-1)58-59-56(63-52-32-18-16-30-48(52)50-38-46(34-36-54(50)63)61(42-22-8-2-9-23-42)43-24-10-3-11-25-43)40-57(60-58)64-53-33-19-17-31-49(53)51-39-47(35-37-55(51)64)62(44-26-12-4-13-27-44)45-28-14-5-15-29-45/h1-18,20-32,34-40H,19,33H2. The Morgan fingerprint density at radius 2 is 0.828 bits per heavy atom. The molecule has 0 fully saturated rings. The minimum atomic E-state index is 0.674. The smallest absolute Gasteiger partial charge is 0.163 e. The summed E-state index contributed by atoms with van der Waals surface area (Å²) in [5.74, 6) is 2.32. The van der Waals surface area contributed by atoms with Gasteiger partial charge < -0.3 is 9.80 Å². The van der Waals surface area contributed by atoms with E-state index in [2.05, 4.69) is 243 Å². The Hall–Kier alpha value is -8.48. The Morgan fingerprint density at radius 1 is 0.375 bits per heavy atom. The zero-order valence-corrected chi connectivity index (χ0v) is 35.0. The van der Waals surface area contributed by atoms with Crippen LogP contribution in [0.5, 0.6) is 0 Å².